The Morgan fingerprint density at radius 1 is 0.535 bits per heavy atom. The molecule has 0 unspecified atom stereocenters. The molecule has 43 heavy (non-hydrogen) atoms. The normalized spacial score (nSPS) is 11.8. The summed E-state index contributed by atoms with van der Waals surface area (Å²) in [4.78, 5) is 10.4. The van der Waals surface area contributed by atoms with Gasteiger partial charge in [-0.05, 0) is 65.7 Å². The van der Waals surface area contributed by atoms with Crippen LogP contribution in [-0.2, 0) is 0 Å². The molecule has 0 bridgehead atoms. The number of furan rings is 1. The fraction of sp³-hybridized carbons (Fsp3) is 0. The van der Waals surface area contributed by atoms with Crippen LogP contribution < -0.4 is 0 Å². The van der Waals surface area contributed by atoms with E-state index in [9.17, 15) is 0 Å². The molecule has 6 aromatic carbocycles. The predicted molar refractivity (Wildman–Crippen MR) is 177 cm³/mol. The highest BCUT2D eigenvalue weighted by atomic mass is 35.5. The van der Waals surface area contributed by atoms with E-state index in [1.807, 2.05) is 60.7 Å². The third kappa shape index (κ3) is 3.70. The maximum Gasteiger partial charge on any atom is 0.165 e. The molecule has 0 saturated carbocycles. The van der Waals surface area contributed by atoms with E-state index in [4.69, 9.17) is 26.0 Å². The van der Waals surface area contributed by atoms with Crippen LogP contribution in [0.3, 0.4) is 0 Å². The van der Waals surface area contributed by atoms with Crippen molar-refractivity contribution in [2.75, 3.05) is 0 Å². The Balaban J connectivity index is 1.39. The van der Waals surface area contributed by atoms with E-state index < -0.39 is 0 Å². The van der Waals surface area contributed by atoms with Crippen LogP contribution in [0.5, 0.6) is 0 Å². The highest BCUT2D eigenvalue weighted by Crippen LogP contribution is 2.42. The fourth-order valence-corrected chi connectivity index (χ4v) is 6.51. The molecule has 0 radical (unpaired) electrons. The van der Waals surface area contributed by atoms with Crippen LogP contribution in [0.1, 0.15) is 0 Å². The van der Waals surface area contributed by atoms with Crippen LogP contribution in [0.2, 0.25) is 5.02 Å². The summed E-state index contributed by atoms with van der Waals surface area (Å²) in [5.41, 5.74) is 9.57. The largest absolute Gasteiger partial charge is 0.456 e. The van der Waals surface area contributed by atoms with E-state index in [2.05, 4.69) is 77.4 Å². The summed E-state index contributed by atoms with van der Waals surface area (Å²) >= 11 is 6.66. The van der Waals surface area contributed by atoms with Crippen molar-refractivity contribution in [1.82, 2.24) is 14.5 Å². The second-order valence-electron chi connectivity index (χ2n) is 10.8. The quantitative estimate of drug-likeness (QED) is 0.212. The van der Waals surface area contributed by atoms with Crippen molar-refractivity contribution >= 4 is 66.4 Å². The maximum atomic E-state index is 6.66. The average Bonchev–Trinajstić information content (AvgIpc) is 3.59. The first kappa shape index (κ1) is 24.2. The van der Waals surface area contributed by atoms with Gasteiger partial charge in [0.15, 0.2) is 5.82 Å². The van der Waals surface area contributed by atoms with Gasteiger partial charge < -0.3 is 4.42 Å². The Morgan fingerprint density at radius 3 is 2.19 bits per heavy atom. The van der Waals surface area contributed by atoms with E-state index >= 15 is 0 Å². The molecule has 4 nitrogen and oxygen atoms in total. The SMILES string of the molecule is Clc1ccc2c(c1)c1c(-c3ccc4oc5ccccc5c4c3)cccc1n2-c1nc2ccccc2nc1-c1ccccc1. The molecule has 9 aromatic rings. The summed E-state index contributed by atoms with van der Waals surface area (Å²) in [6, 6.07) is 45.4. The van der Waals surface area contributed by atoms with E-state index in [1.54, 1.807) is 0 Å². The summed E-state index contributed by atoms with van der Waals surface area (Å²) < 4.78 is 8.37. The van der Waals surface area contributed by atoms with Crippen LogP contribution in [0, 0.1) is 0 Å². The van der Waals surface area contributed by atoms with Crippen LogP contribution in [0.4, 0.5) is 0 Å². The molecule has 0 N–H and O–H groups in total. The van der Waals surface area contributed by atoms with Crippen molar-refractivity contribution < 1.29 is 4.42 Å². The van der Waals surface area contributed by atoms with Gasteiger partial charge >= 0.3 is 0 Å². The highest BCUT2D eigenvalue weighted by molar-refractivity contribution is 6.32. The molecule has 0 spiro atoms. The van der Waals surface area contributed by atoms with Gasteiger partial charge in [-0.15, -0.1) is 0 Å². The number of benzene rings is 6. The van der Waals surface area contributed by atoms with E-state index in [-0.39, 0.29) is 0 Å². The molecule has 0 saturated heterocycles. The minimum Gasteiger partial charge on any atom is -0.456 e. The van der Waals surface area contributed by atoms with Gasteiger partial charge in [0.05, 0.1) is 22.1 Å². The van der Waals surface area contributed by atoms with Gasteiger partial charge in [0.2, 0.25) is 0 Å². The standard InChI is InChI=1S/C38H22ClN3O/c39-25-18-19-32-29(22-25)36-26(24-17-20-35-28(21-24)27-11-4-7-16-34(27)43-35)12-8-15-33(36)42(32)38-37(23-9-2-1-3-10-23)40-30-13-5-6-14-31(30)41-38/h1-22H. The minimum absolute atomic E-state index is 0.686. The number of rotatable bonds is 3. The van der Waals surface area contributed by atoms with Crippen molar-refractivity contribution in [3.05, 3.63) is 138 Å². The smallest absolute Gasteiger partial charge is 0.165 e. The van der Waals surface area contributed by atoms with Gasteiger partial charge in [-0.25, -0.2) is 9.97 Å². The molecular weight excluding hydrogens is 550 g/mol. The molecule has 0 aliphatic carbocycles. The predicted octanol–water partition coefficient (Wildman–Crippen LogP) is 10.6. The Morgan fingerprint density at radius 2 is 1.30 bits per heavy atom. The summed E-state index contributed by atoms with van der Waals surface area (Å²) in [6.45, 7) is 0. The highest BCUT2D eigenvalue weighted by Gasteiger charge is 2.21. The number of para-hydroxylation sites is 3. The summed E-state index contributed by atoms with van der Waals surface area (Å²) in [5, 5.41) is 5.06. The van der Waals surface area contributed by atoms with Crippen molar-refractivity contribution in [2.45, 2.75) is 0 Å². The molecule has 0 amide bonds. The molecule has 3 aromatic heterocycles. The Bertz CT molecular complexity index is 2530. The zero-order valence-corrected chi connectivity index (χ0v) is 23.6. The molecule has 9 rings (SSSR count). The summed E-state index contributed by atoms with van der Waals surface area (Å²) in [5.74, 6) is 0.778. The first-order valence-electron chi connectivity index (χ1n) is 14.2. The number of halogens is 1. The first-order chi connectivity index (χ1) is 21.2. The monoisotopic (exact) mass is 571 g/mol. The molecule has 0 fully saturated rings. The zero-order valence-electron chi connectivity index (χ0n) is 22.8. The summed E-state index contributed by atoms with van der Waals surface area (Å²) in [7, 11) is 0. The van der Waals surface area contributed by atoms with E-state index in [0.29, 0.717) is 5.02 Å². The van der Waals surface area contributed by atoms with Gasteiger partial charge in [-0.3, -0.25) is 4.57 Å². The lowest BCUT2D eigenvalue weighted by atomic mass is 9.98. The number of hydrogen-bond acceptors (Lipinski definition) is 3. The Labute approximate surface area is 251 Å². The third-order valence-electron chi connectivity index (χ3n) is 8.25. The number of aromatic nitrogens is 3. The topological polar surface area (TPSA) is 43.9 Å². The van der Waals surface area contributed by atoms with Crippen LogP contribution in [0.15, 0.2) is 138 Å². The molecule has 0 aliphatic heterocycles. The van der Waals surface area contributed by atoms with Crippen molar-refractivity contribution in [3.8, 4) is 28.2 Å². The molecular formula is C38H22ClN3O. The van der Waals surface area contributed by atoms with Gasteiger partial charge in [-0.1, -0.05) is 90.5 Å². The van der Waals surface area contributed by atoms with Gasteiger partial charge in [-0.2, -0.15) is 0 Å². The van der Waals surface area contributed by atoms with Gasteiger partial charge in [0, 0.05) is 32.1 Å². The van der Waals surface area contributed by atoms with Crippen molar-refractivity contribution in [1.29, 1.82) is 0 Å². The second kappa shape index (κ2) is 9.28. The average molecular weight is 572 g/mol. The Kier molecular flexibility index (Phi) is 5.22. The van der Waals surface area contributed by atoms with Crippen molar-refractivity contribution in [3.63, 3.8) is 0 Å². The zero-order chi connectivity index (χ0) is 28.5. The number of fused-ring (bicyclic) bond motifs is 7. The van der Waals surface area contributed by atoms with Crippen LogP contribution in [-0.4, -0.2) is 14.5 Å². The molecule has 3 heterocycles. The number of hydrogen-bond donors (Lipinski definition) is 0. The van der Waals surface area contributed by atoms with Crippen molar-refractivity contribution in [2.24, 2.45) is 0 Å². The lowest BCUT2D eigenvalue weighted by Gasteiger charge is -2.14. The van der Waals surface area contributed by atoms with Gasteiger partial charge in [0.1, 0.15) is 16.9 Å². The molecule has 0 aliphatic rings. The van der Waals surface area contributed by atoms with E-state index in [1.165, 1.54) is 0 Å². The van der Waals surface area contributed by atoms with E-state index in [0.717, 1.165) is 83.0 Å². The maximum absolute atomic E-state index is 6.66. The third-order valence-corrected chi connectivity index (χ3v) is 8.49. The Hall–Kier alpha value is -5.45. The molecule has 0 atom stereocenters. The molecule has 202 valence electrons. The van der Waals surface area contributed by atoms with Crippen LogP contribution >= 0.6 is 11.6 Å². The fourth-order valence-electron chi connectivity index (χ4n) is 6.34. The van der Waals surface area contributed by atoms with Crippen LogP contribution in [0.25, 0.3) is 83.0 Å². The first-order valence-corrected chi connectivity index (χ1v) is 14.6. The lowest BCUT2D eigenvalue weighted by molar-refractivity contribution is 0.669. The van der Waals surface area contributed by atoms with Gasteiger partial charge in [0.25, 0.3) is 0 Å². The summed E-state index contributed by atoms with van der Waals surface area (Å²) in [6.07, 6.45) is 0. The number of nitrogens with zero attached hydrogens (tertiary/aromatic N) is 3. The minimum atomic E-state index is 0.686. The lowest BCUT2D eigenvalue weighted by Crippen LogP contribution is -2.03. The second-order valence-corrected chi connectivity index (χ2v) is 11.2. The molecule has 5 heteroatoms.